The Labute approximate surface area is 75.2 Å². The van der Waals surface area contributed by atoms with Crippen LogP contribution in [-0.2, 0) is 4.74 Å². The van der Waals surface area contributed by atoms with Crippen molar-refractivity contribution in [3.8, 4) is 0 Å². The maximum atomic E-state index is 5.39. The molecule has 0 radical (unpaired) electrons. The smallest absolute Gasteiger partial charge is 0.0862 e. The van der Waals surface area contributed by atoms with E-state index >= 15 is 0 Å². The van der Waals surface area contributed by atoms with E-state index in [0.29, 0.717) is 0 Å². The van der Waals surface area contributed by atoms with E-state index in [-0.39, 0.29) is 5.54 Å². The second kappa shape index (κ2) is 3.48. The lowest BCUT2D eigenvalue weighted by molar-refractivity contribution is 0.0336. The number of morpholine rings is 1. The van der Waals surface area contributed by atoms with Gasteiger partial charge in [-0.1, -0.05) is 6.08 Å². The van der Waals surface area contributed by atoms with Gasteiger partial charge in [0.05, 0.1) is 13.2 Å². The molecule has 0 bridgehead atoms. The first kappa shape index (κ1) is 9.59. The molecule has 0 aromatic carbocycles. The SMILES string of the molecule is C/C=C1\COCCN1C(C)(C)C. The summed E-state index contributed by atoms with van der Waals surface area (Å²) in [6, 6.07) is 0. The summed E-state index contributed by atoms with van der Waals surface area (Å²) in [6.45, 7) is 11.4. The van der Waals surface area contributed by atoms with Crippen LogP contribution in [0.5, 0.6) is 0 Å². The van der Waals surface area contributed by atoms with Crippen LogP contribution in [-0.4, -0.2) is 30.2 Å². The van der Waals surface area contributed by atoms with Gasteiger partial charge >= 0.3 is 0 Å². The van der Waals surface area contributed by atoms with Gasteiger partial charge < -0.3 is 9.64 Å². The molecule has 1 heterocycles. The van der Waals surface area contributed by atoms with Crippen LogP contribution in [0.4, 0.5) is 0 Å². The molecule has 0 N–H and O–H groups in total. The van der Waals surface area contributed by atoms with Gasteiger partial charge in [0.25, 0.3) is 0 Å². The minimum atomic E-state index is 0.228. The Kier molecular flexibility index (Phi) is 2.78. The molecule has 1 rings (SSSR count). The summed E-state index contributed by atoms with van der Waals surface area (Å²) in [5.74, 6) is 0. The molecule has 2 heteroatoms. The van der Waals surface area contributed by atoms with Crippen LogP contribution in [0.1, 0.15) is 27.7 Å². The van der Waals surface area contributed by atoms with Crippen molar-refractivity contribution >= 4 is 0 Å². The number of hydrogen-bond acceptors (Lipinski definition) is 2. The number of nitrogens with zero attached hydrogens (tertiary/aromatic N) is 1. The molecule has 70 valence electrons. The highest BCUT2D eigenvalue weighted by atomic mass is 16.5. The largest absolute Gasteiger partial charge is 0.373 e. The molecule has 0 aliphatic carbocycles. The van der Waals surface area contributed by atoms with Crippen molar-refractivity contribution < 1.29 is 4.74 Å². The van der Waals surface area contributed by atoms with E-state index in [2.05, 4.69) is 38.7 Å². The Bertz CT molecular complexity index is 179. The van der Waals surface area contributed by atoms with Gasteiger partial charge in [0.2, 0.25) is 0 Å². The van der Waals surface area contributed by atoms with E-state index in [1.54, 1.807) is 0 Å². The van der Waals surface area contributed by atoms with Crippen LogP contribution < -0.4 is 0 Å². The Balaban J connectivity index is 2.73. The average molecular weight is 169 g/mol. The monoisotopic (exact) mass is 169 g/mol. The quantitative estimate of drug-likeness (QED) is 0.550. The molecule has 2 nitrogen and oxygen atoms in total. The number of ether oxygens (including phenoxy) is 1. The molecule has 0 atom stereocenters. The first-order valence-electron chi connectivity index (χ1n) is 4.56. The fourth-order valence-electron chi connectivity index (χ4n) is 1.56. The summed E-state index contributed by atoms with van der Waals surface area (Å²) >= 11 is 0. The van der Waals surface area contributed by atoms with Crippen LogP contribution in [0.25, 0.3) is 0 Å². The van der Waals surface area contributed by atoms with Crippen LogP contribution in [0.3, 0.4) is 0 Å². The third-order valence-electron chi connectivity index (χ3n) is 2.20. The zero-order valence-corrected chi connectivity index (χ0v) is 8.55. The molecule has 0 spiro atoms. The molecule has 0 aromatic rings. The van der Waals surface area contributed by atoms with Crippen molar-refractivity contribution in [3.05, 3.63) is 11.8 Å². The lowest BCUT2D eigenvalue weighted by Crippen LogP contribution is -2.46. The van der Waals surface area contributed by atoms with Gasteiger partial charge in [-0.05, 0) is 27.7 Å². The van der Waals surface area contributed by atoms with Crippen molar-refractivity contribution in [2.45, 2.75) is 33.2 Å². The molecule has 1 fully saturated rings. The van der Waals surface area contributed by atoms with Crippen molar-refractivity contribution in [3.63, 3.8) is 0 Å². The first-order chi connectivity index (χ1) is 5.55. The van der Waals surface area contributed by atoms with Gasteiger partial charge in [0.15, 0.2) is 0 Å². The van der Waals surface area contributed by atoms with Gasteiger partial charge in [0.1, 0.15) is 0 Å². The van der Waals surface area contributed by atoms with Crippen molar-refractivity contribution in [1.29, 1.82) is 0 Å². The van der Waals surface area contributed by atoms with E-state index < -0.39 is 0 Å². The predicted molar refractivity (Wildman–Crippen MR) is 51.0 cm³/mol. The van der Waals surface area contributed by atoms with Gasteiger partial charge in [-0.3, -0.25) is 0 Å². The van der Waals surface area contributed by atoms with E-state index in [1.165, 1.54) is 5.70 Å². The number of hydrogen-bond donors (Lipinski definition) is 0. The molecule has 1 saturated heterocycles. The summed E-state index contributed by atoms with van der Waals surface area (Å²) in [7, 11) is 0. The molecular weight excluding hydrogens is 150 g/mol. The average Bonchev–Trinajstić information content (AvgIpc) is 2.03. The van der Waals surface area contributed by atoms with Crippen molar-refractivity contribution in [2.24, 2.45) is 0 Å². The van der Waals surface area contributed by atoms with Crippen LogP contribution >= 0.6 is 0 Å². The lowest BCUT2D eigenvalue weighted by atomic mass is 10.0. The maximum Gasteiger partial charge on any atom is 0.0862 e. The zero-order chi connectivity index (χ0) is 9.19. The highest BCUT2D eigenvalue weighted by molar-refractivity contribution is 5.06. The Morgan fingerprint density at radius 2 is 2.08 bits per heavy atom. The summed E-state index contributed by atoms with van der Waals surface area (Å²) in [6.07, 6.45) is 2.14. The maximum absolute atomic E-state index is 5.39. The highest BCUT2D eigenvalue weighted by Gasteiger charge is 2.25. The molecule has 1 aliphatic heterocycles. The summed E-state index contributed by atoms with van der Waals surface area (Å²) < 4.78 is 5.39. The van der Waals surface area contributed by atoms with Crippen LogP contribution in [0.2, 0.25) is 0 Å². The van der Waals surface area contributed by atoms with Gasteiger partial charge in [-0.2, -0.15) is 0 Å². The Morgan fingerprint density at radius 1 is 1.42 bits per heavy atom. The Hall–Kier alpha value is -0.500. The molecule has 12 heavy (non-hydrogen) atoms. The van der Waals surface area contributed by atoms with Gasteiger partial charge in [-0.25, -0.2) is 0 Å². The number of rotatable bonds is 0. The van der Waals surface area contributed by atoms with Gasteiger partial charge in [0, 0.05) is 17.8 Å². The van der Waals surface area contributed by atoms with E-state index in [9.17, 15) is 0 Å². The predicted octanol–water partition coefficient (Wildman–Crippen LogP) is 2.02. The Morgan fingerprint density at radius 3 is 2.50 bits per heavy atom. The number of allylic oxidation sites excluding steroid dienone is 1. The molecule has 0 aromatic heterocycles. The third-order valence-corrected chi connectivity index (χ3v) is 2.20. The molecular formula is C10H19NO. The van der Waals surface area contributed by atoms with Crippen LogP contribution in [0.15, 0.2) is 11.8 Å². The highest BCUT2D eigenvalue weighted by Crippen LogP contribution is 2.21. The first-order valence-corrected chi connectivity index (χ1v) is 4.56. The topological polar surface area (TPSA) is 12.5 Å². The second-order valence-electron chi connectivity index (χ2n) is 4.16. The van der Waals surface area contributed by atoms with E-state index in [4.69, 9.17) is 4.74 Å². The molecule has 0 saturated carbocycles. The summed E-state index contributed by atoms with van der Waals surface area (Å²) in [5.41, 5.74) is 1.54. The standard InChI is InChI=1S/C10H19NO/c1-5-9-8-12-7-6-11(9)10(2,3)4/h5H,6-8H2,1-4H3/b9-5+. The minimum Gasteiger partial charge on any atom is -0.373 e. The summed E-state index contributed by atoms with van der Waals surface area (Å²) in [5, 5.41) is 0. The van der Waals surface area contributed by atoms with E-state index in [1.807, 2.05) is 0 Å². The van der Waals surface area contributed by atoms with Gasteiger partial charge in [-0.15, -0.1) is 0 Å². The van der Waals surface area contributed by atoms with Crippen molar-refractivity contribution in [2.75, 3.05) is 19.8 Å². The fraction of sp³-hybridized carbons (Fsp3) is 0.800. The van der Waals surface area contributed by atoms with E-state index in [0.717, 1.165) is 19.8 Å². The van der Waals surface area contributed by atoms with Crippen LogP contribution in [0, 0.1) is 0 Å². The zero-order valence-electron chi connectivity index (χ0n) is 8.55. The van der Waals surface area contributed by atoms with Crippen molar-refractivity contribution in [1.82, 2.24) is 4.90 Å². The molecule has 1 aliphatic rings. The third kappa shape index (κ3) is 2.01. The molecule has 0 amide bonds. The second-order valence-corrected chi connectivity index (χ2v) is 4.16. The lowest BCUT2D eigenvalue weighted by Gasteiger charge is -2.42. The molecule has 0 unspecified atom stereocenters. The summed E-state index contributed by atoms with van der Waals surface area (Å²) in [4.78, 5) is 2.41. The fourth-order valence-corrected chi connectivity index (χ4v) is 1.56. The normalized spacial score (nSPS) is 23.3. The minimum absolute atomic E-state index is 0.228.